The van der Waals surface area contributed by atoms with Crippen molar-refractivity contribution < 1.29 is 19.1 Å². The molecule has 2 aliphatic heterocycles. The van der Waals surface area contributed by atoms with E-state index in [0.29, 0.717) is 44.8 Å². The maximum absolute atomic E-state index is 12.2. The van der Waals surface area contributed by atoms with E-state index in [1.54, 1.807) is 0 Å². The Labute approximate surface area is 172 Å². The van der Waals surface area contributed by atoms with Gasteiger partial charge >= 0.3 is 5.97 Å². The standard InChI is InChI=1S/C21H32N4O4/c1-6-15(16-7-8-18(26)23-20(16)28)13-17(22-5)25-11-9-24(10-12-25)14-19(27)29-21(2,3)4/h6,13,16H,5,7-12,14H2,1-4H3,(H,23,26,28)/b15-6+,17-13+/t16-/m1/s1. The zero-order valence-electron chi connectivity index (χ0n) is 17.9. The number of hydrogen-bond acceptors (Lipinski definition) is 7. The van der Waals surface area contributed by atoms with Crippen molar-refractivity contribution in [1.29, 1.82) is 0 Å². The highest BCUT2D eigenvalue weighted by Crippen LogP contribution is 2.24. The fourth-order valence-corrected chi connectivity index (χ4v) is 3.47. The third-order valence-corrected chi connectivity index (χ3v) is 4.90. The Morgan fingerprint density at radius 3 is 2.45 bits per heavy atom. The number of imide groups is 1. The summed E-state index contributed by atoms with van der Waals surface area (Å²) in [6.07, 6.45) is 4.58. The van der Waals surface area contributed by atoms with E-state index in [4.69, 9.17) is 4.74 Å². The summed E-state index contributed by atoms with van der Waals surface area (Å²) >= 11 is 0. The molecule has 0 bridgehead atoms. The van der Waals surface area contributed by atoms with Gasteiger partial charge < -0.3 is 9.64 Å². The van der Waals surface area contributed by atoms with Crippen molar-refractivity contribution in [3.8, 4) is 0 Å². The van der Waals surface area contributed by atoms with E-state index in [0.717, 1.165) is 5.57 Å². The van der Waals surface area contributed by atoms with Crippen molar-refractivity contribution >= 4 is 24.5 Å². The van der Waals surface area contributed by atoms with Crippen molar-refractivity contribution in [1.82, 2.24) is 15.1 Å². The largest absolute Gasteiger partial charge is 0.459 e. The summed E-state index contributed by atoms with van der Waals surface area (Å²) in [6, 6.07) is 0. The molecule has 0 saturated carbocycles. The van der Waals surface area contributed by atoms with Crippen LogP contribution in [0.2, 0.25) is 0 Å². The number of carbonyl (C=O) groups excluding carboxylic acids is 3. The summed E-state index contributed by atoms with van der Waals surface area (Å²) in [5.41, 5.74) is 0.342. The first-order valence-electron chi connectivity index (χ1n) is 10.0. The van der Waals surface area contributed by atoms with Gasteiger partial charge in [0.1, 0.15) is 11.4 Å². The number of carbonyl (C=O) groups is 3. The van der Waals surface area contributed by atoms with Gasteiger partial charge in [0.2, 0.25) is 11.8 Å². The number of aliphatic imine (C=N–C) groups is 1. The summed E-state index contributed by atoms with van der Waals surface area (Å²) in [5.74, 6) is -0.384. The highest BCUT2D eigenvalue weighted by atomic mass is 16.6. The Morgan fingerprint density at radius 2 is 1.93 bits per heavy atom. The second kappa shape index (κ2) is 9.82. The Hall–Kier alpha value is -2.48. The maximum Gasteiger partial charge on any atom is 0.320 e. The Morgan fingerprint density at radius 1 is 1.28 bits per heavy atom. The maximum atomic E-state index is 12.2. The predicted octanol–water partition coefficient (Wildman–Crippen LogP) is 1.49. The molecule has 0 aromatic rings. The van der Waals surface area contributed by atoms with Gasteiger partial charge in [-0.15, -0.1) is 0 Å². The summed E-state index contributed by atoms with van der Waals surface area (Å²) < 4.78 is 5.38. The van der Waals surface area contributed by atoms with Crippen molar-refractivity contribution in [2.24, 2.45) is 10.9 Å². The number of nitrogens with zero attached hydrogens (tertiary/aromatic N) is 3. The first kappa shape index (κ1) is 22.8. The third kappa shape index (κ3) is 6.81. The van der Waals surface area contributed by atoms with Gasteiger partial charge in [0.15, 0.2) is 0 Å². The predicted molar refractivity (Wildman–Crippen MR) is 111 cm³/mol. The van der Waals surface area contributed by atoms with Gasteiger partial charge in [0.25, 0.3) is 0 Å². The summed E-state index contributed by atoms with van der Waals surface area (Å²) in [4.78, 5) is 43.9. The normalized spacial score (nSPS) is 22.3. The van der Waals surface area contributed by atoms with Crippen molar-refractivity contribution in [3.05, 3.63) is 23.5 Å². The number of piperidine rings is 1. The average molecular weight is 405 g/mol. The lowest BCUT2D eigenvalue weighted by molar-refractivity contribution is -0.156. The molecule has 2 saturated heterocycles. The monoisotopic (exact) mass is 404 g/mol. The fraction of sp³-hybridized carbons (Fsp3) is 0.619. The molecule has 0 unspecified atom stereocenters. The Kier molecular flexibility index (Phi) is 7.73. The number of rotatable bonds is 6. The summed E-state index contributed by atoms with van der Waals surface area (Å²) in [7, 11) is 0. The van der Waals surface area contributed by atoms with Gasteiger partial charge in [-0.2, -0.15) is 0 Å². The van der Waals surface area contributed by atoms with Crippen LogP contribution in [0.4, 0.5) is 0 Å². The van der Waals surface area contributed by atoms with Gasteiger partial charge in [-0.1, -0.05) is 6.08 Å². The van der Waals surface area contributed by atoms with Crippen LogP contribution in [0.3, 0.4) is 0 Å². The number of piperazine rings is 1. The van der Waals surface area contributed by atoms with Crippen LogP contribution in [0.15, 0.2) is 28.5 Å². The van der Waals surface area contributed by atoms with E-state index in [1.165, 1.54) is 0 Å². The smallest absolute Gasteiger partial charge is 0.320 e. The zero-order chi connectivity index (χ0) is 21.6. The van der Waals surface area contributed by atoms with Crippen LogP contribution in [0, 0.1) is 5.92 Å². The average Bonchev–Trinajstić information content (AvgIpc) is 2.63. The second-order valence-electron chi connectivity index (χ2n) is 8.30. The molecular formula is C21H32N4O4. The molecule has 2 heterocycles. The lowest BCUT2D eigenvalue weighted by Gasteiger charge is -2.36. The number of amides is 2. The highest BCUT2D eigenvalue weighted by Gasteiger charge is 2.29. The Balaban J connectivity index is 1.97. The minimum atomic E-state index is -0.486. The van der Waals surface area contributed by atoms with Crippen molar-refractivity contribution in [2.75, 3.05) is 32.7 Å². The van der Waals surface area contributed by atoms with E-state index in [9.17, 15) is 14.4 Å². The van der Waals surface area contributed by atoms with Gasteiger partial charge in [0.05, 0.1) is 12.5 Å². The third-order valence-electron chi connectivity index (χ3n) is 4.90. The quantitative estimate of drug-likeness (QED) is 0.312. The lowest BCUT2D eigenvalue weighted by atomic mass is 9.89. The van der Waals surface area contributed by atoms with Crippen LogP contribution in [0.25, 0.3) is 0 Å². The lowest BCUT2D eigenvalue weighted by Crippen LogP contribution is -2.48. The minimum absolute atomic E-state index is 0.224. The van der Waals surface area contributed by atoms with Crippen LogP contribution in [0.1, 0.15) is 40.5 Å². The second-order valence-corrected chi connectivity index (χ2v) is 8.30. The number of allylic oxidation sites excluding steroid dienone is 2. The van der Waals surface area contributed by atoms with Crippen LogP contribution < -0.4 is 5.32 Å². The molecule has 2 amide bonds. The number of hydrogen-bond donors (Lipinski definition) is 1. The Bertz CT molecular complexity index is 713. The van der Waals surface area contributed by atoms with E-state index in [2.05, 4.69) is 26.8 Å². The first-order valence-corrected chi connectivity index (χ1v) is 10.0. The fourth-order valence-electron chi connectivity index (χ4n) is 3.47. The van der Waals surface area contributed by atoms with Gasteiger partial charge in [-0.05, 0) is 52.5 Å². The first-order chi connectivity index (χ1) is 13.6. The van der Waals surface area contributed by atoms with E-state index >= 15 is 0 Å². The molecule has 2 rings (SSSR count). The molecule has 2 aliphatic rings. The van der Waals surface area contributed by atoms with Crippen LogP contribution in [0.5, 0.6) is 0 Å². The molecule has 0 aromatic carbocycles. The summed E-state index contributed by atoms with van der Waals surface area (Å²) in [5, 5.41) is 2.40. The molecule has 2 fully saturated rings. The molecule has 0 radical (unpaired) electrons. The molecule has 29 heavy (non-hydrogen) atoms. The van der Waals surface area contributed by atoms with E-state index < -0.39 is 5.60 Å². The number of esters is 1. The molecule has 1 atom stereocenters. The van der Waals surface area contributed by atoms with Crippen LogP contribution >= 0.6 is 0 Å². The number of ether oxygens (including phenoxy) is 1. The van der Waals surface area contributed by atoms with Gasteiger partial charge in [0, 0.05) is 32.6 Å². The van der Waals surface area contributed by atoms with Crippen molar-refractivity contribution in [2.45, 2.75) is 46.1 Å². The van der Waals surface area contributed by atoms with Crippen LogP contribution in [-0.2, 0) is 19.1 Å². The molecule has 0 aliphatic carbocycles. The van der Waals surface area contributed by atoms with Gasteiger partial charge in [-0.25, -0.2) is 4.99 Å². The molecule has 1 N–H and O–H groups in total. The highest BCUT2D eigenvalue weighted by molar-refractivity contribution is 6.00. The molecular weight excluding hydrogens is 372 g/mol. The summed E-state index contributed by atoms with van der Waals surface area (Å²) in [6.45, 7) is 14.2. The molecule has 8 heteroatoms. The van der Waals surface area contributed by atoms with Crippen molar-refractivity contribution in [3.63, 3.8) is 0 Å². The number of nitrogens with one attached hydrogen (secondary N) is 1. The molecule has 8 nitrogen and oxygen atoms in total. The zero-order valence-corrected chi connectivity index (χ0v) is 17.9. The minimum Gasteiger partial charge on any atom is -0.459 e. The van der Waals surface area contributed by atoms with E-state index in [-0.39, 0.29) is 30.2 Å². The molecule has 0 spiro atoms. The topological polar surface area (TPSA) is 91.3 Å². The SMILES string of the molecule is C=N/C(=C\C(=C/C)[C@H]1CCC(=O)NC1=O)N1CCN(CC(=O)OC(C)(C)C)CC1. The molecule has 160 valence electrons. The van der Waals surface area contributed by atoms with Gasteiger partial charge in [-0.3, -0.25) is 24.6 Å². The van der Waals surface area contributed by atoms with E-state index in [1.807, 2.05) is 39.8 Å². The van der Waals surface area contributed by atoms with Crippen LogP contribution in [-0.4, -0.2) is 72.6 Å². The molecule has 0 aromatic heterocycles.